The van der Waals surface area contributed by atoms with E-state index in [4.69, 9.17) is 0 Å². The number of rotatable bonds is 0. The Morgan fingerprint density at radius 2 is 1.25 bits per heavy atom. The number of hydrogen-bond acceptors (Lipinski definition) is 0. The van der Waals surface area contributed by atoms with Gasteiger partial charge in [0.25, 0.3) is 0 Å². The van der Waals surface area contributed by atoms with Crippen LogP contribution < -0.4 is 18.9 Å². The summed E-state index contributed by atoms with van der Waals surface area (Å²) >= 11 is 0. The molecular weight excluding hydrogens is 102 g/mol. The van der Waals surface area contributed by atoms with Gasteiger partial charge in [-0.1, -0.05) is 0 Å². The van der Waals surface area contributed by atoms with Gasteiger partial charge in [0.05, 0.1) is 0 Å². The molecule has 0 aliphatic carbocycles. The molecule has 0 radical (unpaired) electrons. The molecule has 0 bridgehead atoms. The van der Waals surface area contributed by atoms with Crippen LogP contribution >= 0.6 is 0 Å². The topological polar surface area (TPSA) is 0 Å². The third kappa shape index (κ3) is 8.82. The maximum atomic E-state index is 0. The predicted molar refractivity (Wildman–Crippen MR) is 27.9 cm³/mol. The molecule has 4 heteroatoms. The van der Waals surface area contributed by atoms with Crippen LogP contribution in [-0.2, 0) is 0 Å². The summed E-state index contributed by atoms with van der Waals surface area (Å²) in [5.74, 6) is 0. The van der Waals surface area contributed by atoms with Crippen molar-refractivity contribution in [1.29, 1.82) is 0 Å². The monoisotopic (exact) mass is 110 g/mol. The smallest absolute Gasteiger partial charge is 1.00 e. The van der Waals surface area contributed by atoms with Gasteiger partial charge < -0.3 is 13.8 Å². The van der Waals surface area contributed by atoms with Gasteiger partial charge >= 0.3 is 56.6 Å². The van der Waals surface area contributed by atoms with Gasteiger partial charge in [-0.25, -0.2) is 0 Å². The number of hydrogen-bond donors (Lipinski definition) is 0. The predicted octanol–water partition coefficient (Wildman–Crippen LogP) is -5.52. The van der Waals surface area contributed by atoms with Crippen molar-refractivity contribution in [2.75, 3.05) is 0 Å². The molecule has 0 atom stereocenters. The molecule has 0 rings (SSSR count). The summed E-state index contributed by atoms with van der Waals surface area (Å²) in [7, 11) is 0. The van der Waals surface area contributed by atoms with Crippen LogP contribution in [0.4, 0.5) is 0 Å². The zero-order valence-electron chi connectivity index (χ0n) is 4.71. The standard InChI is InChI=1S/Al.Ca.Li.H3Si.5H/h;;;1H3;;;;;/q;+2;+1;-1;;;;2*-1. The molecule has 0 aromatic heterocycles. The molecule has 0 aliphatic rings. The molecule has 0 saturated heterocycles. The Kier molecular flexibility index (Phi) is 134. The molecule has 0 unspecified atom stereocenters. The van der Waals surface area contributed by atoms with Crippen molar-refractivity contribution in [3.05, 3.63) is 0 Å². The summed E-state index contributed by atoms with van der Waals surface area (Å²) in [6.07, 6.45) is 0. The molecule has 0 aromatic carbocycles. The molecule has 0 N–H and O–H groups in total. The molecule has 0 amide bonds. The summed E-state index contributed by atoms with van der Waals surface area (Å²) in [5, 5.41) is 0. The molecule has 0 fully saturated rings. The quantitative estimate of drug-likeness (QED) is 0.273. The van der Waals surface area contributed by atoms with Gasteiger partial charge in [0.2, 0.25) is 0 Å². The van der Waals surface area contributed by atoms with E-state index in [0.717, 1.165) is 0 Å². The molecule has 18 valence electrons. The van der Waals surface area contributed by atoms with Gasteiger partial charge in [-0.05, 0) is 0 Å². The summed E-state index contributed by atoms with van der Waals surface area (Å²) in [5.41, 5.74) is 0. The average Bonchev–Trinajstić information content (AvgIpc) is 0. The average molecular weight is 110 g/mol. The summed E-state index contributed by atoms with van der Waals surface area (Å²) in [4.78, 5) is 0. The van der Waals surface area contributed by atoms with Crippen molar-refractivity contribution in [2.24, 2.45) is 0 Å². The van der Waals surface area contributed by atoms with Crippen molar-refractivity contribution >= 4 is 66.1 Å². The van der Waals surface area contributed by atoms with Crippen LogP contribution in [0, 0.1) is 0 Å². The first-order valence-electron chi connectivity index (χ1n) is 0. The molecular formula is H8AlCaLiSi. The second-order valence-electron chi connectivity index (χ2n) is 0. The maximum Gasteiger partial charge on any atom is 2.00 e. The Balaban J connectivity index is 0. The first-order chi connectivity index (χ1) is 0. The summed E-state index contributed by atoms with van der Waals surface area (Å²) < 4.78 is 0. The van der Waals surface area contributed by atoms with Crippen LogP contribution in [0.3, 0.4) is 0 Å². The van der Waals surface area contributed by atoms with E-state index < -0.39 is 0 Å². The minimum atomic E-state index is 0. The molecule has 4 heavy (non-hydrogen) atoms. The van der Waals surface area contributed by atoms with Crippen LogP contribution in [0.15, 0.2) is 0 Å². The van der Waals surface area contributed by atoms with E-state index in [1.165, 1.54) is 0 Å². The third-order valence-electron chi connectivity index (χ3n) is 0. The fraction of sp³-hybridized carbons (Fsp3) is 0. The van der Waals surface area contributed by atoms with Crippen molar-refractivity contribution in [3.63, 3.8) is 0 Å². The Morgan fingerprint density at radius 1 is 1.25 bits per heavy atom. The van der Waals surface area contributed by atoms with E-state index in [1.54, 1.807) is 0 Å². The van der Waals surface area contributed by atoms with Gasteiger partial charge in [-0.15, -0.1) is 0 Å². The summed E-state index contributed by atoms with van der Waals surface area (Å²) in [6.45, 7) is 0. The molecule has 0 aliphatic heterocycles. The third-order valence-corrected chi connectivity index (χ3v) is 0. The Hall–Kier alpha value is 2.61. The van der Waals surface area contributed by atoms with Crippen molar-refractivity contribution in [3.8, 4) is 0 Å². The Morgan fingerprint density at radius 3 is 1.25 bits per heavy atom. The van der Waals surface area contributed by atoms with Crippen LogP contribution in [0.5, 0.6) is 0 Å². The van der Waals surface area contributed by atoms with E-state index in [1.807, 2.05) is 0 Å². The first kappa shape index (κ1) is 30.6. The van der Waals surface area contributed by atoms with Crippen molar-refractivity contribution in [2.45, 2.75) is 0 Å². The zero-order valence-corrected chi connectivity index (χ0v) is 6.92. The molecule has 0 nitrogen and oxygen atoms in total. The van der Waals surface area contributed by atoms with Gasteiger partial charge in [0, 0.05) is 0 Å². The van der Waals surface area contributed by atoms with E-state index >= 15 is 0 Å². The zero-order chi connectivity index (χ0) is 0. The largest absolute Gasteiger partial charge is 2.00 e. The van der Waals surface area contributed by atoms with Crippen LogP contribution in [0.2, 0.25) is 0 Å². The Bertz CT molecular complexity index is 13.5. The van der Waals surface area contributed by atoms with E-state index in [2.05, 4.69) is 0 Å². The van der Waals surface area contributed by atoms with E-state index in [0.29, 0.717) is 0 Å². The maximum absolute atomic E-state index is 0. The molecule has 0 aromatic rings. The van der Waals surface area contributed by atoms with Crippen LogP contribution in [0.25, 0.3) is 0 Å². The summed E-state index contributed by atoms with van der Waals surface area (Å²) in [6, 6.07) is 0. The van der Waals surface area contributed by atoms with Crippen LogP contribution in [0.1, 0.15) is 2.85 Å². The fourth-order valence-electron chi connectivity index (χ4n) is 0. The van der Waals surface area contributed by atoms with Crippen molar-refractivity contribution < 1.29 is 21.7 Å². The molecule has 0 spiro atoms. The minimum absolute atomic E-state index is 0. The van der Waals surface area contributed by atoms with Crippen LogP contribution in [-0.4, -0.2) is 66.1 Å². The fourth-order valence-corrected chi connectivity index (χ4v) is 0. The Labute approximate surface area is 86.4 Å². The second-order valence-corrected chi connectivity index (χ2v) is 0. The first-order valence-corrected chi connectivity index (χ1v) is 0. The van der Waals surface area contributed by atoms with Gasteiger partial charge in [0.15, 0.2) is 17.4 Å². The second kappa shape index (κ2) is 17.5. The van der Waals surface area contributed by atoms with Gasteiger partial charge in [0.1, 0.15) is 0 Å². The minimum Gasteiger partial charge on any atom is -1.00 e. The van der Waals surface area contributed by atoms with E-state index in [-0.39, 0.29) is 87.8 Å². The van der Waals surface area contributed by atoms with Gasteiger partial charge in [-0.2, -0.15) is 0 Å². The SMILES string of the molecule is [AlH3].[Ca+2].[H-].[H-].[Li+].[SiH3-]. The van der Waals surface area contributed by atoms with E-state index in [9.17, 15) is 0 Å². The normalized spacial score (nSPS) is 0. The molecule has 0 saturated carbocycles. The molecule has 0 heterocycles. The van der Waals surface area contributed by atoms with Gasteiger partial charge in [-0.3, -0.25) is 0 Å². The van der Waals surface area contributed by atoms with Crippen molar-refractivity contribution in [1.82, 2.24) is 0 Å².